The topological polar surface area (TPSA) is 67.4 Å². The monoisotopic (exact) mass is 374 g/mol. The van der Waals surface area contributed by atoms with Crippen LogP contribution >= 0.6 is 11.6 Å². The van der Waals surface area contributed by atoms with Crippen molar-refractivity contribution >= 4 is 23.4 Å². The normalized spacial score (nSPS) is 10.5. The largest absolute Gasteiger partial charge is 0.484 e. The number of amides is 2. The van der Waals surface area contributed by atoms with Crippen molar-refractivity contribution in [3.63, 3.8) is 0 Å². The zero-order chi connectivity index (χ0) is 18.9. The number of hydrogen-bond donors (Lipinski definition) is 2. The van der Waals surface area contributed by atoms with Crippen molar-refractivity contribution in [3.05, 3.63) is 64.7 Å². The molecular weight excluding hydrogens is 352 g/mol. The maximum Gasteiger partial charge on any atom is 0.258 e. The first-order valence-corrected chi connectivity index (χ1v) is 8.86. The minimum atomic E-state index is -0.254. The summed E-state index contributed by atoms with van der Waals surface area (Å²) in [4.78, 5) is 23.8. The van der Waals surface area contributed by atoms with Crippen LogP contribution in [0.15, 0.2) is 48.5 Å². The van der Waals surface area contributed by atoms with Gasteiger partial charge in [0.15, 0.2) is 6.61 Å². The molecule has 0 aliphatic rings. The van der Waals surface area contributed by atoms with Gasteiger partial charge in [0.05, 0.1) is 0 Å². The van der Waals surface area contributed by atoms with Gasteiger partial charge in [-0.2, -0.15) is 0 Å². The number of halogens is 1. The van der Waals surface area contributed by atoms with E-state index in [0.717, 1.165) is 0 Å². The second-order valence-electron chi connectivity index (χ2n) is 6.13. The van der Waals surface area contributed by atoms with Crippen LogP contribution in [0.1, 0.15) is 35.7 Å². The fourth-order valence-electron chi connectivity index (χ4n) is 2.23. The molecule has 0 aromatic heterocycles. The molecule has 0 heterocycles. The van der Waals surface area contributed by atoms with Gasteiger partial charge in [0.2, 0.25) is 0 Å². The van der Waals surface area contributed by atoms with Gasteiger partial charge in [-0.05, 0) is 47.9 Å². The fraction of sp³-hybridized carbons (Fsp3) is 0.300. The van der Waals surface area contributed by atoms with E-state index in [0.29, 0.717) is 35.3 Å². The van der Waals surface area contributed by atoms with Crippen molar-refractivity contribution in [2.45, 2.75) is 19.8 Å². The third-order valence-corrected chi connectivity index (χ3v) is 4.01. The summed E-state index contributed by atoms with van der Waals surface area (Å²) in [6, 6.07) is 14.3. The molecule has 0 fully saturated rings. The summed E-state index contributed by atoms with van der Waals surface area (Å²) in [5.74, 6) is 0.586. The minimum absolute atomic E-state index is 0.0910. The predicted molar refractivity (Wildman–Crippen MR) is 103 cm³/mol. The molecule has 2 aromatic carbocycles. The van der Waals surface area contributed by atoms with E-state index in [1.54, 1.807) is 24.3 Å². The fourth-order valence-corrected chi connectivity index (χ4v) is 2.36. The highest BCUT2D eigenvalue weighted by molar-refractivity contribution is 6.30. The number of ether oxygens (including phenoxy) is 1. The van der Waals surface area contributed by atoms with Gasteiger partial charge >= 0.3 is 0 Å². The maximum atomic E-state index is 12.0. The lowest BCUT2D eigenvalue weighted by Crippen LogP contribution is -2.36. The standard InChI is InChI=1S/C20H23ClN2O3/c1-14(2)15-3-5-16(6-4-15)20(25)23-12-11-22-19(24)13-26-18-9-7-17(21)8-10-18/h3-10,14H,11-13H2,1-2H3,(H,22,24)(H,23,25). The lowest BCUT2D eigenvalue weighted by Gasteiger charge is -2.09. The quantitative estimate of drug-likeness (QED) is 0.696. The van der Waals surface area contributed by atoms with Crippen LogP contribution in [0.2, 0.25) is 5.02 Å². The smallest absolute Gasteiger partial charge is 0.258 e. The summed E-state index contributed by atoms with van der Waals surface area (Å²) >= 11 is 5.78. The Balaban J connectivity index is 1.65. The Kier molecular flexibility index (Phi) is 7.48. The summed E-state index contributed by atoms with van der Waals surface area (Å²) in [6.07, 6.45) is 0. The van der Waals surface area contributed by atoms with Crippen LogP contribution in [0.25, 0.3) is 0 Å². The van der Waals surface area contributed by atoms with Gasteiger partial charge in [0.25, 0.3) is 11.8 Å². The summed E-state index contributed by atoms with van der Waals surface area (Å²) in [5, 5.41) is 6.07. The van der Waals surface area contributed by atoms with Gasteiger partial charge in [0.1, 0.15) is 5.75 Å². The van der Waals surface area contributed by atoms with Crippen LogP contribution in [-0.4, -0.2) is 31.5 Å². The molecule has 0 aliphatic carbocycles. The van der Waals surface area contributed by atoms with Crippen molar-refractivity contribution in [1.82, 2.24) is 10.6 Å². The Labute approximate surface area is 158 Å². The van der Waals surface area contributed by atoms with Crippen molar-refractivity contribution in [1.29, 1.82) is 0 Å². The average molecular weight is 375 g/mol. The molecule has 138 valence electrons. The third kappa shape index (κ3) is 6.41. The molecule has 0 spiro atoms. The molecular formula is C20H23ClN2O3. The molecule has 0 unspecified atom stereocenters. The number of benzene rings is 2. The van der Waals surface area contributed by atoms with E-state index in [4.69, 9.17) is 16.3 Å². The molecule has 2 amide bonds. The Morgan fingerprint density at radius 1 is 0.962 bits per heavy atom. The zero-order valence-electron chi connectivity index (χ0n) is 14.9. The SMILES string of the molecule is CC(C)c1ccc(C(=O)NCCNC(=O)COc2ccc(Cl)cc2)cc1. The van der Waals surface area contributed by atoms with Crippen LogP contribution in [0, 0.1) is 0 Å². The highest BCUT2D eigenvalue weighted by atomic mass is 35.5. The average Bonchev–Trinajstić information content (AvgIpc) is 2.64. The molecule has 0 radical (unpaired) electrons. The number of hydrogen-bond acceptors (Lipinski definition) is 3. The Morgan fingerprint density at radius 2 is 1.58 bits per heavy atom. The second kappa shape index (κ2) is 9.82. The highest BCUT2D eigenvalue weighted by Gasteiger charge is 2.07. The van der Waals surface area contributed by atoms with Gasteiger partial charge in [-0.1, -0.05) is 37.6 Å². The molecule has 2 aromatic rings. The van der Waals surface area contributed by atoms with Gasteiger partial charge in [-0.15, -0.1) is 0 Å². The molecule has 0 aliphatic heterocycles. The zero-order valence-corrected chi connectivity index (χ0v) is 15.7. The first-order valence-electron chi connectivity index (χ1n) is 8.49. The molecule has 0 bridgehead atoms. The van der Waals surface area contributed by atoms with Crippen LogP contribution in [0.4, 0.5) is 0 Å². The Bertz CT molecular complexity index is 728. The number of carbonyl (C=O) groups excluding carboxylic acids is 2. The first-order chi connectivity index (χ1) is 12.5. The molecule has 0 atom stereocenters. The van der Waals surface area contributed by atoms with Crippen molar-refractivity contribution in [2.75, 3.05) is 19.7 Å². The van der Waals surface area contributed by atoms with Gasteiger partial charge in [-0.25, -0.2) is 0 Å². The molecule has 2 N–H and O–H groups in total. The summed E-state index contributed by atoms with van der Waals surface area (Å²) in [5.41, 5.74) is 1.79. The van der Waals surface area contributed by atoms with E-state index in [-0.39, 0.29) is 18.4 Å². The lowest BCUT2D eigenvalue weighted by molar-refractivity contribution is -0.123. The molecule has 6 heteroatoms. The van der Waals surface area contributed by atoms with Gasteiger partial charge in [-0.3, -0.25) is 9.59 Å². The van der Waals surface area contributed by atoms with Crippen LogP contribution < -0.4 is 15.4 Å². The molecule has 0 saturated carbocycles. The van der Waals surface area contributed by atoms with E-state index < -0.39 is 0 Å². The van der Waals surface area contributed by atoms with Crippen LogP contribution in [-0.2, 0) is 4.79 Å². The van der Waals surface area contributed by atoms with E-state index in [1.165, 1.54) is 5.56 Å². The van der Waals surface area contributed by atoms with Gasteiger partial charge in [0, 0.05) is 23.7 Å². The Morgan fingerprint density at radius 3 is 2.19 bits per heavy atom. The van der Waals surface area contributed by atoms with E-state index in [9.17, 15) is 9.59 Å². The summed E-state index contributed by atoms with van der Waals surface area (Å²) < 4.78 is 5.34. The lowest BCUT2D eigenvalue weighted by atomic mass is 10.0. The van der Waals surface area contributed by atoms with E-state index in [2.05, 4.69) is 24.5 Å². The molecule has 2 rings (SSSR count). The van der Waals surface area contributed by atoms with Crippen LogP contribution in [0.3, 0.4) is 0 Å². The third-order valence-electron chi connectivity index (χ3n) is 3.76. The number of rotatable bonds is 8. The Hall–Kier alpha value is -2.53. The van der Waals surface area contributed by atoms with Gasteiger partial charge < -0.3 is 15.4 Å². The molecule has 5 nitrogen and oxygen atoms in total. The number of carbonyl (C=O) groups is 2. The highest BCUT2D eigenvalue weighted by Crippen LogP contribution is 2.15. The minimum Gasteiger partial charge on any atom is -0.484 e. The summed E-state index contributed by atoms with van der Waals surface area (Å²) in [7, 11) is 0. The van der Waals surface area contributed by atoms with Crippen molar-refractivity contribution < 1.29 is 14.3 Å². The van der Waals surface area contributed by atoms with Crippen molar-refractivity contribution in [2.24, 2.45) is 0 Å². The molecule has 0 saturated heterocycles. The van der Waals surface area contributed by atoms with Crippen LogP contribution in [0.5, 0.6) is 5.75 Å². The van der Waals surface area contributed by atoms with E-state index >= 15 is 0 Å². The number of nitrogens with one attached hydrogen (secondary N) is 2. The first kappa shape index (κ1) is 19.8. The second-order valence-corrected chi connectivity index (χ2v) is 6.56. The maximum absolute atomic E-state index is 12.0. The van der Waals surface area contributed by atoms with E-state index in [1.807, 2.05) is 24.3 Å². The molecule has 26 heavy (non-hydrogen) atoms. The van der Waals surface area contributed by atoms with Crippen molar-refractivity contribution in [3.8, 4) is 5.75 Å². The predicted octanol–water partition coefficient (Wildman–Crippen LogP) is 3.39. The summed E-state index contributed by atoms with van der Waals surface area (Å²) in [6.45, 7) is 4.80.